The highest BCUT2D eigenvalue weighted by atomic mass is 79.9. The van der Waals surface area contributed by atoms with Crippen LogP contribution in [-0.4, -0.2) is 0 Å². The van der Waals surface area contributed by atoms with Crippen LogP contribution in [0.15, 0.2) is 46.9 Å². The fourth-order valence-electron chi connectivity index (χ4n) is 2.91. The molecule has 0 saturated carbocycles. The molecule has 2 aromatic rings. The van der Waals surface area contributed by atoms with Crippen LogP contribution in [-0.2, 0) is 6.42 Å². The summed E-state index contributed by atoms with van der Waals surface area (Å²) in [5.74, 6) is 0. The van der Waals surface area contributed by atoms with Gasteiger partial charge in [-0.3, -0.25) is 0 Å². The van der Waals surface area contributed by atoms with Crippen LogP contribution in [0.1, 0.15) is 42.1 Å². The number of benzene rings is 2. The normalized spacial score (nSPS) is 18.9. The fraction of sp³-hybridized carbons (Fsp3) is 0.294. The third-order valence-corrected chi connectivity index (χ3v) is 4.75. The molecule has 2 aromatic carbocycles. The first kappa shape index (κ1) is 14.1. The molecule has 0 spiro atoms. The van der Waals surface area contributed by atoms with E-state index < -0.39 is 0 Å². The molecule has 0 heterocycles. The Morgan fingerprint density at radius 1 is 1.20 bits per heavy atom. The van der Waals surface area contributed by atoms with E-state index in [-0.39, 0.29) is 0 Å². The molecule has 1 nitrogen and oxygen atoms in total. The zero-order valence-electron chi connectivity index (χ0n) is 11.4. The Morgan fingerprint density at radius 2 is 1.95 bits per heavy atom. The molecule has 1 aliphatic carbocycles. The van der Waals surface area contributed by atoms with Crippen LogP contribution >= 0.6 is 27.5 Å². The molecule has 0 radical (unpaired) electrons. The molecule has 1 N–H and O–H groups in total. The Balaban J connectivity index is 1.75. The van der Waals surface area contributed by atoms with Crippen LogP contribution in [0.3, 0.4) is 0 Å². The van der Waals surface area contributed by atoms with E-state index in [2.05, 4.69) is 58.5 Å². The van der Waals surface area contributed by atoms with Crippen molar-refractivity contribution in [2.24, 2.45) is 0 Å². The number of rotatable bonds is 3. The van der Waals surface area contributed by atoms with Crippen molar-refractivity contribution in [1.29, 1.82) is 0 Å². The van der Waals surface area contributed by atoms with E-state index >= 15 is 0 Å². The van der Waals surface area contributed by atoms with Gasteiger partial charge in [0.2, 0.25) is 0 Å². The van der Waals surface area contributed by atoms with E-state index in [1.807, 2.05) is 12.1 Å². The molecule has 104 valence electrons. The van der Waals surface area contributed by atoms with E-state index in [1.54, 1.807) is 0 Å². The molecule has 3 heteroatoms. The molecular formula is C17H17BrClN. The zero-order chi connectivity index (χ0) is 14.1. The van der Waals surface area contributed by atoms with Gasteiger partial charge >= 0.3 is 0 Å². The lowest BCUT2D eigenvalue weighted by Crippen LogP contribution is -2.22. The van der Waals surface area contributed by atoms with Crippen molar-refractivity contribution in [2.45, 2.75) is 31.8 Å². The maximum atomic E-state index is 5.94. The Hall–Kier alpha value is -0.830. The molecule has 3 rings (SSSR count). The van der Waals surface area contributed by atoms with Crippen LogP contribution in [0, 0.1) is 0 Å². The van der Waals surface area contributed by atoms with E-state index in [0.29, 0.717) is 12.1 Å². The lowest BCUT2D eigenvalue weighted by molar-refractivity contribution is 0.465. The maximum absolute atomic E-state index is 5.94. The summed E-state index contributed by atoms with van der Waals surface area (Å²) in [6.07, 6.45) is 2.32. The predicted molar refractivity (Wildman–Crippen MR) is 88.2 cm³/mol. The van der Waals surface area contributed by atoms with Crippen molar-refractivity contribution >= 4 is 27.5 Å². The first-order chi connectivity index (χ1) is 9.63. The zero-order valence-corrected chi connectivity index (χ0v) is 13.7. The van der Waals surface area contributed by atoms with Gasteiger partial charge in [-0.15, -0.1) is 0 Å². The Kier molecular flexibility index (Phi) is 4.16. The summed E-state index contributed by atoms with van der Waals surface area (Å²) < 4.78 is 1.17. The molecule has 0 fully saturated rings. The molecule has 0 amide bonds. The Morgan fingerprint density at radius 3 is 2.70 bits per heavy atom. The van der Waals surface area contributed by atoms with Crippen molar-refractivity contribution in [3.8, 4) is 0 Å². The highest BCUT2D eigenvalue weighted by molar-refractivity contribution is 9.10. The number of halogens is 2. The highest BCUT2D eigenvalue weighted by Gasteiger charge is 2.23. The third-order valence-electron chi connectivity index (χ3n) is 4.00. The first-order valence-corrected chi connectivity index (χ1v) is 8.10. The van der Waals surface area contributed by atoms with Crippen LogP contribution in [0.5, 0.6) is 0 Å². The summed E-state index contributed by atoms with van der Waals surface area (Å²) >= 11 is 9.49. The lowest BCUT2D eigenvalue weighted by Gasteiger charge is -2.21. The van der Waals surface area contributed by atoms with Crippen molar-refractivity contribution in [2.75, 3.05) is 0 Å². The quantitative estimate of drug-likeness (QED) is 0.777. The summed E-state index contributed by atoms with van der Waals surface area (Å²) in [7, 11) is 0. The summed E-state index contributed by atoms with van der Waals surface area (Å²) in [5.41, 5.74) is 4.18. The van der Waals surface area contributed by atoms with E-state index in [4.69, 9.17) is 11.6 Å². The minimum Gasteiger partial charge on any atom is -0.303 e. The summed E-state index contributed by atoms with van der Waals surface area (Å²) in [6.45, 7) is 2.21. The van der Waals surface area contributed by atoms with Gasteiger partial charge in [0, 0.05) is 21.6 Å². The second-order valence-electron chi connectivity index (χ2n) is 5.37. The Bertz CT molecular complexity index is 609. The maximum Gasteiger partial charge on any atom is 0.0406 e. The molecule has 0 saturated heterocycles. The average Bonchev–Trinajstić information content (AvgIpc) is 2.81. The molecule has 0 aromatic heterocycles. The summed E-state index contributed by atoms with van der Waals surface area (Å²) in [5, 5.41) is 4.52. The van der Waals surface area contributed by atoms with Gasteiger partial charge < -0.3 is 5.32 Å². The molecule has 0 bridgehead atoms. The van der Waals surface area contributed by atoms with Crippen LogP contribution in [0.25, 0.3) is 0 Å². The minimum atomic E-state index is 0.326. The third kappa shape index (κ3) is 2.93. The van der Waals surface area contributed by atoms with Crippen molar-refractivity contribution in [3.63, 3.8) is 0 Å². The van der Waals surface area contributed by atoms with Crippen molar-refractivity contribution in [3.05, 3.63) is 68.7 Å². The van der Waals surface area contributed by atoms with E-state index in [0.717, 1.165) is 11.4 Å². The van der Waals surface area contributed by atoms with Crippen molar-refractivity contribution in [1.82, 2.24) is 5.32 Å². The van der Waals surface area contributed by atoms with E-state index in [1.165, 1.54) is 27.6 Å². The molecule has 2 atom stereocenters. The second-order valence-corrected chi connectivity index (χ2v) is 6.73. The standard InChI is InChI=1S/C17H17BrClN/c1-11(12-2-6-15(19)7-3-12)20-17-9-4-13-10-14(18)5-8-16(13)17/h2-3,5-8,10-11,17,20H,4,9H2,1H3/t11-,17?/m0/s1. The average molecular weight is 351 g/mol. The monoisotopic (exact) mass is 349 g/mol. The number of hydrogen-bond acceptors (Lipinski definition) is 1. The van der Waals surface area contributed by atoms with Crippen molar-refractivity contribution < 1.29 is 0 Å². The largest absolute Gasteiger partial charge is 0.303 e. The van der Waals surface area contributed by atoms with Gasteiger partial charge in [-0.2, -0.15) is 0 Å². The number of fused-ring (bicyclic) bond motifs is 1. The molecule has 0 aliphatic heterocycles. The predicted octanol–water partition coefficient (Wildman–Crippen LogP) is 5.44. The molecule has 20 heavy (non-hydrogen) atoms. The van der Waals surface area contributed by atoms with Crippen LogP contribution < -0.4 is 5.32 Å². The topological polar surface area (TPSA) is 12.0 Å². The number of hydrogen-bond donors (Lipinski definition) is 1. The van der Waals surface area contributed by atoms with Gasteiger partial charge in [0.25, 0.3) is 0 Å². The highest BCUT2D eigenvalue weighted by Crippen LogP contribution is 2.34. The first-order valence-electron chi connectivity index (χ1n) is 6.93. The summed E-state index contributed by atoms with van der Waals surface area (Å²) in [6, 6.07) is 15.5. The SMILES string of the molecule is C[C@H](NC1CCc2cc(Br)ccc21)c1ccc(Cl)cc1. The van der Waals surface area contributed by atoms with Gasteiger partial charge in [0.1, 0.15) is 0 Å². The van der Waals surface area contributed by atoms with Gasteiger partial charge in [0.15, 0.2) is 0 Å². The number of nitrogens with one attached hydrogen (secondary N) is 1. The lowest BCUT2D eigenvalue weighted by atomic mass is 10.0. The molecule has 1 unspecified atom stereocenters. The minimum absolute atomic E-state index is 0.326. The second kappa shape index (κ2) is 5.88. The fourth-order valence-corrected chi connectivity index (χ4v) is 3.44. The van der Waals surface area contributed by atoms with Gasteiger partial charge in [-0.25, -0.2) is 0 Å². The summed E-state index contributed by atoms with van der Waals surface area (Å²) in [4.78, 5) is 0. The van der Waals surface area contributed by atoms with E-state index in [9.17, 15) is 0 Å². The molecule has 1 aliphatic rings. The van der Waals surface area contributed by atoms with Gasteiger partial charge in [-0.05, 0) is 60.7 Å². The van der Waals surface area contributed by atoms with Gasteiger partial charge in [0.05, 0.1) is 0 Å². The Labute approximate surface area is 133 Å². The van der Waals surface area contributed by atoms with Crippen LogP contribution in [0.2, 0.25) is 5.02 Å². The smallest absolute Gasteiger partial charge is 0.0406 e. The van der Waals surface area contributed by atoms with Crippen LogP contribution in [0.4, 0.5) is 0 Å². The van der Waals surface area contributed by atoms with Gasteiger partial charge in [-0.1, -0.05) is 45.7 Å². The number of aryl methyl sites for hydroxylation is 1. The molecular weight excluding hydrogens is 334 g/mol.